The topological polar surface area (TPSA) is 116 Å². The third-order valence-electron chi connectivity index (χ3n) is 4.68. The first kappa shape index (κ1) is 23.9. The van der Waals surface area contributed by atoms with E-state index >= 15 is 0 Å². The predicted octanol–water partition coefficient (Wildman–Crippen LogP) is 1.91. The fraction of sp³-hybridized carbons (Fsp3) is 0.476. The highest BCUT2D eigenvalue weighted by atomic mass is 32.2. The highest BCUT2D eigenvalue weighted by Crippen LogP contribution is 2.26. The average Bonchev–Trinajstić information content (AvgIpc) is 3.04. The van der Waals surface area contributed by atoms with Crippen LogP contribution >= 0.6 is 0 Å². The summed E-state index contributed by atoms with van der Waals surface area (Å²) in [6, 6.07) is 9.14. The van der Waals surface area contributed by atoms with Crippen molar-refractivity contribution >= 4 is 16.0 Å². The van der Waals surface area contributed by atoms with Crippen molar-refractivity contribution in [2.24, 2.45) is 4.99 Å². The largest absolute Gasteiger partial charge is 0.466 e. The molecule has 0 aliphatic carbocycles. The molecular weight excluding hydrogens is 404 g/mol. The number of nitrogens with zero attached hydrogens (tertiary/aromatic N) is 1. The van der Waals surface area contributed by atoms with Gasteiger partial charge in [-0.3, -0.25) is 0 Å². The van der Waals surface area contributed by atoms with Gasteiger partial charge >= 0.3 is 0 Å². The monoisotopic (exact) mass is 436 g/mol. The molecular formula is C21H32N4O4S. The lowest BCUT2D eigenvalue weighted by atomic mass is 9.96. The first-order chi connectivity index (χ1) is 14.1. The summed E-state index contributed by atoms with van der Waals surface area (Å²) in [6.45, 7) is 8.75. The minimum atomic E-state index is -3.29. The average molecular weight is 437 g/mol. The van der Waals surface area contributed by atoms with Crippen molar-refractivity contribution in [3.63, 3.8) is 0 Å². The standard InChI is InChI=1S/C21H32N4O4S/c1-6-23-20(25-14-21(4,26)19-11-15(2)29-16(19)3)24-12-17-7-9-18(10-8-17)13-30(27,28)22-5/h7-11,22,26H,6,12-14H2,1-5H3,(H2,23,24,25). The van der Waals surface area contributed by atoms with Crippen LogP contribution < -0.4 is 15.4 Å². The highest BCUT2D eigenvalue weighted by molar-refractivity contribution is 7.88. The maximum Gasteiger partial charge on any atom is 0.215 e. The van der Waals surface area contributed by atoms with Crippen LogP contribution in [0.2, 0.25) is 0 Å². The normalized spacial score (nSPS) is 14.4. The fourth-order valence-corrected chi connectivity index (χ4v) is 3.84. The molecule has 0 radical (unpaired) electrons. The Morgan fingerprint density at radius 1 is 1.17 bits per heavy atom. The summed E-state index contributed by atoms with van der Waals surface area (Å²) in [5.74, 6) is 1.98. The molecule has 1 aromatic heterocycles. The van der Waals surface area contributed by atoms with Crippen molar-refractivity contribution in [3.05, 3.63) is 58.5 Å². The summed E-state index contributed by atoms with van der Waals surface area (Å²) in [4.78, 5) is 4.56. The molecule has 1 atom stereocenters. The van der Waals surface area contributed by atoms with Crippen LogP contribution in [0.25, 0.3) is 0 Å². The van der Waals surface area contributed by atoms with Gasteiger partial charge in [-0.15, -0.1) is 0 Å². The molecule has 0 aliphatic rings. The van der Waals surface area contributed by atoms with Crippen molar-refractivity contribution in [1.29, 1.82) is 0 Å². The minimum absolute atomic E-state index is 0.0563. The van der Waals surface area contributed by atoms with E-state index in [2.05, 4.69) is 20.3 Å². The third kappa shape index (κ3) is 6.86. The number of furan rings is 1. The second-order valence-corrected chi connectivity index (χ2v) is 9.36. The molecule has 1 heterocycles. The summed E-state index contributed by atoms with van der Waals surface area (Å²) < 4.78 is 31.1. The molecule has 0 amide bonds. The lowest BCUT2D eigenvalue weighted by Crippen LogP contribution is -2.44. The molecule has 0 saturated carbocycles. The van der Waals surface area contributed by atoms with Gasteiger partial charge in [-0.2, -0.15) is 0 Å². The maximum atomic E-state index is 11.6. The lowest BCUT2D eigenvalue weighted by Gasteiger charge is -2.24. The van der Waals surface area contributed by atoms with Crippen LogP contribution in [-0.4, -0.2) is 39.6 Å². The predicted molar refractivity (Wildman–Crippen MR) is 119 cm³/mol. The molecule has 4 N–H and O–H groups in total. The first-order valence-corrected chi connectivity index (χ1v) is 11.5. The molecule has 166 valence electrons. The maximum absolute atomic E-state index is 11.6. The van der Waals surface area contributed by atoms with E-state index in [0.717, 1.165) is 16.9 Å². The van der Waals surface area contributed by atoms with Crippen molar-refractivity contribution < 1.29 is 17.9 Å². The smallest absolute Gasteiger partial charge is 0.215 e. The van der Waals surface area contributed by atoms with Gasteiger partial charge in [0.2, 0.25) is 10.0 Å². The van der Waals surface area contributed by atoms with E-state index in [-0.39, 0.29) is 12.3 Å². The third-order valence-corrected chi connectivity index (χ3v) is 6.01. The van der Waals surface area contributed by atoms with Crippen LogP contribution in [0.1, 0.15) is 42.1 Å². The van der Waals surface area contributed by atoms with Gasteiger partial charge in [0, 0.05) is 12.1 Å². The Morgan fingerprint density at radius 3 is 2.33 bits per heavy atom. The van der Waals surface area contributed by atoms with E-state index in [1.807, 2.05) is 39.0 Å². The molecule has 0 bridgehead atoms. The molecule has 1 unspecified atom stereocenters. The van der Waals surface area contributed by atoms with Gasteiger partial charge in [-0.05, 0) is 51.9 Å². The van der Waals surface area contributed by atoms with E-state index in [0.29, 0.717) is 30.4 Å². The molecule has 1 aromatic carbocycles. The van der Waals surface area contributed by atoms with E-state index < -0.39 is 15.6 Å². The zero-order valence-corrected chi connectivity index (χ0v) is 19.1. The van der Waals surface area contributed by atoms with Crippen LogP contribution in [0.3, 0.4) is 0 Å². The molecule has 0 fully saturated rings. The fourth-order valence-electron chi connectivity index (χ4n) is 3.06. The Labute approximate surface area is 178 Å². The van der Waals surface area contributed by atoms with Crippen molar-refractivity contribution in [2.45, 2.75) is 45.6 Å². The Bertz CT molecular complexity index is 963. The quantitative estimate of drug-likeness (QED) is 0.353. The Morgan fingerprint density at radius 2 is 1.80 bits per heavy atom. The van der Waals surface area contributed by atoms with Crippen molar-refractivity contribution in [3.8, 4) is 0 Å². The van der Waals surface area contributed by atoms with Crippen LogP contribution in [0.5, 0.6) is 0 Å². The molecule has 30 heavy (non-hydrogen) atoms. The molecule has 2 aromatic rings. The Kier molecular flexibility index (Phi) is 8.05. The Hall–Kier alpha value is -2.36. The van der Waals surface area contributed by atoms with Crippen LogP contribution in [-0.2, 0) is 27.9 Å². The number of aryl methyl sites for hydroxylation is 2. The van der Waals surface area contributed by atoms with E-state index in [1.54, 1.807) is 19.1 Å². The first-order valence-electron chi connectivity index (χ1n) is 9.87. The van der Waals surface area contributed by atoms with Crippen LogP contribution in [0.15, 0.2) is 39.7 Å². The number of sulfonamides is 1. The van der Waals surface area contributed by atoms with E-state index in [9.17, 15) is 13.5 Å². The zero-order valence-electron chi connectivity index (χ0n) is 18.2. The number of hydrogen-bond acceptors (Lipinski definition) is 5. The number of rotatable bonds is 9. The highest BCUT2D eigenvalue weighted by Gasteiger charge is 2.27. The number of aliphatic imine (C=N–C) groups is 1. The van der Waals surface area contributed by atoms with Gasteiger partial charge in [0.1, 0.15) is 17.1 Å². The minimum Gasteiger partial charge on any atom is -0.466 e. The Balaban J connectivity index is 2.02. The van der Waals surface area contributed by atoms with Gasteiger partial charge in [0.15, 0.2) is 5.96 Å². The molecule has 0 saturated heterocycles. The summed E-state index contributed by atoms with van der Waals surface area (Å²) in [5.41, 5.74) is 1.30. The van der Waals surface area contributed by atoms with Gasteiger partial charge < -0.3 is 20.2 Å². The molecule has 0 aliphatic heterocycles. The van der Waals surface area contributed by atoms with Crippen molar-refractivity contribution in [1.82, 2.24) is 15.4 Å². The number of aliphatic hydroxyl groups is 1. The van der Waals surface area contributed by atoms with E-state index in [1.165, 1.54) is 7.05 Å². The lowest BCUT2D eigenvalue weighted by molar-refractivity contribution is 0.0601. The van der Waals surface area contributed by atoms with Gasteiger partial charge in [0.05, 0.1) is 18.8 Å². The van der Waals surface area contributed by atoms with Crippen molar-refractivity contribution in [2.75, 3.05) is 20.1 Å². The van der Waals surface area contributed by atoms with Gasteiger partial charge in [0.25, 0.3) is 0 Å². The molecule has 8 nitrogen and oxygen atoms in total. The van der Waals surface area contributed by atoms with E-state index in [4.69, 9.17) is 4.42 Å². The summed E-state index contributed by atoms with van der Waals surface area (Å²) in [5, 5.41) is 17.2. The van der Waals surface area contributed by atoms with Crippen LogP contribution in [0.4, 0.5) is 0 Å². The molecule has 9 heteroatoms. The summed E-state index contributed by atoms with van der Waals surface area (Å²) >= 11 is 0. The summed E-state index contributed by atoms with van der Waals surface area (Å²) in [6.07, 6.45) is 0. The zero-order chi connectivity index (χ0) is 22.4. The van der Waals surface area contributed by atoms with Gasteiger partial charge in [-0.1, -0.05) is 24.3 Å². The SMILES string of the molecule is CCNC(=NCc1ccc(CS(=O)(=O)NC)cc1)NCC(C)(O)c1cc(C)oc1C. The molecule has 2 rings (SSSR count). The second kappa shape index (κ2) is 10.1. The summed E-state index contributed by atoms with van der Waals surface area (Å²) in [7, 11) is -1.89. The number of guanidine groups is 1. The number of benzene rings is 1. The second-order valence-electron chi connectivity index (χ2n) is 7.43. The number of nitrogens with one attached hydrogen (secondary N) is 3. The molecule has 0 spiro atoms. The van der Waals surface area contributed by atoms with Gasteiger partial charge in [-0.25, -0.2) is 18.1 Å². The van der Waals surface area contributed by atoms with Crippen LogP contribution in [0, 0.1) is 13.8 Å². The number of hydrogen-bond donors (Lipinski definition) is 4.